The highest BCUT2D eigenvalue weighted by Gasteiger charge is 2.32. The summed E-state index contributed by atoms with van der Waals surface area (Å²) in [5.74, 6) is 0.0572. The van der Waals surface area contributed by atoms with E-state index in [1.54, 1.807) is 0 Å². The number of hydroxylamine groups is 2. The van der Waals surface area contributed by atoms with E-state index >= 15 is 0 Å². The molecule has 1 aliphatic rings. The summed E-state index contributed by atoms with van der Waals surface area (Å²) in [5.41, 5.74) is 0. The minimum atomic E-state index is -0.240. The summed E-state index contributed by atoms with van der Waals surface area (Å²) in [6.07, 6.45) is 0.759. The third kappa shape index (κ3) is 1.52. The molecule has 1 rings (SSSR count). The lowest BCUT2D eigenvalue weighted by atomic mass is 10.1. The standard InChI is InChI=1S/C7H14N2O2/c1-3-5(2)7-8-4-6(10)9(7)11/h5,7-8,11H,3-4H2,1-2H3/t5-,7-/m0/s1. The Labute approximate surface area is 66.1 Å². The van der Waals surface area contributed by atoms with Gasteiger partial charge in [-0.05, 0) is 5.92 Å². The van der Waals surface area contributed by atoms with Gasteiger partial charge in [0.25, 0.3) is 5.91 Å². The van der Waals surface area contributed by atoms with E-state index in [2.05, 4.69) is 5.32 Å². The Morgan fingerprint density at radius 3 is 2.91 bits per heavy atom. The number of hydrogen-bond donors (Lipinski definition) is 2. The van der Waals surface area contributed by atoms with Crippen LogP contribution in [0.25, 0.3) is 0 Å². The first-order chi connectivity index (χ1) is 5.16. The van der Waals surface area contributed by atoms with Gasteiger partial charge in [-0.2, -0.15) is 0 Å². The second kappa shape index (κ2) is 3.19. The molecule has 0 aromatic rings. The number of nitrogens with one attached hydrogen (secondary N) is 1. The molecule has 0 unspecified atom stereocenters. The molecule has 4 nitrogen and oxygen atoms in total. The van der Waals surface area contributed by atoms with Gasteiger partial charge in [-0.3, -0.25) is 15.3 Å². The highest BCUT2D eigenvalue weighted by molar-refractivity contribution is 5.79. The van der Waals surface area contributed by atoms with E-state index in [0.717, 1.165) is 11.5 Å². The van der Waals surface area contributed by atoms with Crippen molar-refractivity contribution < 1.29 is 10.0 Å². The molecule has 0 bridgehead atoms. The van der Waals surface area contributed by atoms with Crippen molar-refractivity contribution in [1.29, 1.82) is 0 Å². The van der Waals surface area contributed by atoms with E-state index in [1.165, 1.54) is 0 Å². The quantitative estimate of drug-likeness (QED) is 0.564. The smallest absolute Gasteiger partial charge is 0.261 e. The van der Waals surface area contributed by atoms with Gasteiger partial charge in [0, 0.05) is 0 Å². The number of amides is 1. The molecule has 1 amide bonds. The number of carbonyl (C=O) groups is 1. The van der Waals surface area contributed by atoms with Gasteiger partial charge in [0.1, 0.15) is 6.17 Å². The molecule has 0 aromatic heterocycles. The first kappa shape index (κ1) is 8.49. The number of carbonyl (C=O) groups excluding carboxylic acids is 1. The van der Waals surface area contributed by atoms with Gasteiger partial charge < -0.3 is 0 Å². The van der Waals surface area contributed by atoms with E-state index in [-0.39, 0.29) is 18.6 Å². The molecular weight excluding hydrogens is 144 g/mol. The molecule has 64 valence electrons. The van der Waals surface area contributed by atoms with Crippen molar-refractivity contribution in [3.05, 3.63) is 0 Å². The fourth-order valence-corrected chi connectivity index (χ4v) is 1.18. The fraction of sp³-hybridized carbons (Fsp3) is 0.857. The maximum absolute atomic E-state index is 10.8. The summed E-state index contributed by atoms with van der Waals surface area (Å²) in [7, 11) is 0. The number of nitrogens with zero attached hydrogens (tertiary/aromatic N) is 1. The van der Waals surface area contributed by atoms with Gasteiger partial charge in [0.15, 0.2) is 0 Å². The first-order valence-corrected chi connectivity index (χ1v) is 3.91. The van der Waals surface area contributed by atoms with Crippen molar-refractivity contribution in [3.63, 3.8) is 0 Å². The average molecular weight is 158 g/mol. The minimum absolute atomic E-state index is 0.188. The summed E-state index contributed by atoms with van der Waals surface area (Å²) in [6, 6.07) is 0. The molecule has 11 heavy (non-hydrogen) atoms. The average Bonchev–Trinajstić information content (AvgIpc) is 2.32. The van der Waals surface area contributed by atoms with Crippen LogP contribution in [0, 0.1) is 5.92 Å². The lowest BCUT2D eigenvalue weighted by molar-refractivity contribution is -0.169. The largest absolute Gasteiger partial charge is 0.286 e. The zero-order chi connectivity index (χ0) is 8.43. The van der Waals surface area contributed by atoms with Gasteiger partial charge in [0.05, 0.1) is 6.54 Å². The Balaban J connectivity index is 2.54. The van der Waals surface area contributed by atoms with Crippen molar-refractivity contribution >= 4 is 5.91 Å². The summed E-state index contributed by atoms with van der Waals surface area (Å²) >= 11 is 0. The normalized spacial score (nSPS) is 27.7. The van der Waals surface area contributed by atoms with Crippen molar-refractivity contribution in [1.82, 2.24) is 10.4 Å². The van der Waals surface area contributed by atoms with Crippen molar-refractivity contribution in [3.8, 4) is 0 Å². The molecule has 2 atom stereocenters. The predicted molar refractivity (Wildman–Crippen MR) is 39.9 cm³/mol. The molecule has 0 aliphatic carbocycles. The highest BCUT2D eigenvalue weighted by atomic mass is 16.5. The topological polar surface area (TPSA) is 52.6 Å². The van der Waals surface area contributed by atoms with Gasteiger partial charge in [0.2, 0.25) is 0 Å². The van der Waals surface area contributed by atoms with Crippen LogP contribution < -0.4 is 5.32 Å². The molecular formula is C7H14N2O2. The van der Waals surface area contributed by atoms with E-state index in [9.17, 15) is 10.0 Å². The Morgan fingerprint density at radius 2 is 2.55 bits per heavy atom. The minimum Gasteiger partial charge on any atom is -0.286 e. The second-order valence-electron chi connectivity index (χ2n) is 2.95. The zero-order valence-corrected chi connectivity index (χ0v) is 6.87. The Bertz CT molecular complexity index is 161. The lowest BCUT2D eigenvalue weighted by Gasteiger charge is -2.22. The summed E-state index contributed by atoms with van der Waals surface area (Å²) in [5, 5.41) is 12.9. The van der Waals surface area contributed by atoms with Crippen LogP contribution in [-0.2, 0) is 4.79 Å². The molecule has 1 saturated heterocycles. The van der Waals surface area contributed by atoms with E-state index in [1.807, 2.05) is 13.8 Å². The van der Waals surface area contributed by atoms with Crippen LogP contribution in [-0.4, -0.2) is 28.9 Å². The molecule has 0 spiro atoms. The predicted octanol–water partition coefficient (Wildman–Crippen LogP) is 0.180. The SMILES string of the molecule is CC[C@H](C)[C@H]1NCC(=O)N1O. The van der Waals surface area contributed by atoms with E-state index in [4.69, 9.17) is 0 Å². The van der Waals surface area contributed by atoms with Crippen LogP contribution in [0.4, 0.5) is 0 Å². The molecule has 1 heterocycles. The van der Waals surface area contributed by atoms with Gasteiger partial charge >= 0.3 is 0 Å². The van der Waals surface area contributed by atoms with Crippen LogP contribution in [0.2, 0.25) is 0 Å². The molecule has 1 fully saturated rings. The number of hydrogen-bond acceptors (Lipinski definition) is 3. The second-order valence-corrected chi connectivity index (χ2v) is 2.95. The van der Waals surface area contributed by atoms with Crippen LogP contribution in [0.15, 0.2) is 0 Å². The molecule has 2 N–H and O–H groups in total. The molecule has 0 radical (unpaired) electrons. The van der Waals surface area contributed by atoms with Crippen LogP contribution in [0.5, 0.6) is 0 Å². The summed E-state index contributed by atoms with van der Waals surface area (Å²) < 4.78 is 0. The van der Waals surface area contributed by atoms with Crippen LogP contribution >= 0.6 is 0 Å². The van der Waals surface area contributed by atoms with Crippen LogP contribution in [0.3, 0.4) is 0 Å². The molecule has 0 aromatic carbocycles. The van der Waals surface area contributed by atoms with E-state index < -0.39 is 0 Å². The zero-order valence-electron chi connectivity index (χ0n) is 6.87. The summed E-state index contributed by atoms with van der Waals surface area (Å²) in [6.45, 7) is 4.29. The fourth-order valence-electron chi connectivity index (χ4n) is 1.18. The molecule has 4 heteroatoms. The van der Waals surface area contributed by atoms with Crippen molar-refractivity contribution in [2.75, 3.05) is 6.54 Å². The number of rotatable bonds is 2. The highest BCUT2D eigenvalue weighted by Crippen LogP contribution is 2.14. The van der Waals surface area contributed by atoms with Gasteiger partial charge in [-0.15, -0.1) is 0 Å². The first-order valence-electron chi connectivity index (χ1n) is 3.91. The molecule has 0 saturated carbocycles. The monoisotopic (exact) mass is 158 g/mol. The Kier molecular flexibility index (Phi) is 2.46. The third-order valence-corrected chi connectivity index (χ3v) is 2.16. The maximum atomic E-state index is 10.8. The molecule has 1 aliphatic heterocycles. The van der Waals surface area contributed by atoms with E-state index in [0.29, 0.717) is 5.92 Å². The summed E-state index contributed by atoms with van der Waals surface area (Å²) in [4.78, 5) is 10.8. The van der Waals surface area contributed by atoms with Crippen molar-refractivity contribution in [2.45, 2.75) is 26.4 Å². The Hall–Kier alpha value is -0.610. The van der Waals surface area contributed by atoms with Gasteiger partial charge in [-0.1, -0.05) is 20.3 Å². The maximum Gasteiger partial charge on any atom is 0.261 e. The van der Waals surface area contributed by atoms with Crippen molar-refractivity contribution in [2.24, 2.45) is 5.92 Å². The third-order valence-electron chi connectivity index (χ3n) is 2.16. The van der Waals surface area contributed by atoms with Crippen LogP contribution in [0.1, 0.15) is 20.3 Å². The lowest BCUT2D eigenvalue weighted by Crippen LogP contribution is -2.39. The van der Waals surface area contributed by atoms with Gasteiger partial charge in [-0.25, -0.2) is 5.06 Å². The Morgan fingerprint density at radius 1 is 1.91 bits per heavy atom.